The largest absolute Gasteiger partial charge is 0.435 e. The van der Waals surface area contributed by atoms with Gasteiger partial charge in [-0.25, -0.2) is 13.1 Å². The van der Waals surface area contributed by atoms with Crippen LogP contribution in [0.3, 0.4) is 0 Å². The maximum Gasteiger partial charge on any atom is 0.435 e. The molecule has 0 spiro atoms. The molecule has 0 aliphatic carbocycles. The predicted octanol–water partition coefficient (Wildman–Crippen LogP) is 4.22. The molecule has 0 amide bonds. The number of halogens is 6. The highest BCUT2D eigenvalue weighted by molar-refractivity contribution is 7.92. The molecule has 2 unspecified atom stereocenters. The molecule has 1 fully saturated rings. The fraction of sp³-hybridized carbons (Fsp3) is 0.500. The van der Waals surface area contributed by atoms with Crippen LogP contribution >= 0.6 is 0 Å². The second kappa shape index (κ2) is 8.43. The highest BCUT2D eigenvalue weighted by Gasteiger charge is 2.40. The van der Waals surface area contributed by atoms with Crippen LogP contribution in [-0.4, -0.2) is 37.2 Å². The van der Waals surface area contributed by atoms with Crippen molar-refractivity contribution >= 4 is 9.84 Å². The summed E-state index contributed by atoms with van der Waals surface area (Å²) in [6.45, 7) is -0.427. The quantitative estimate of drug-likeness (QED) is 0.610. The number of aromatic nitrogens is 2. The SMILES string of the molecule is COCn1nc(C(F)(F)F)cc1C1CC(S(=O)(=O)c2cccc(C(F)(F)F)c2)CCO1. The van der Waals surface area contributed by atoms with Gasteiger partial charge >= 0.3 is 12.4 Å². The first-order valence-corrected chi connectivity index (χ1v) is 10.6. The Bertz CT molecular complexity index is 1030. The van der Waals surface area contributed by atoms with E-state index in [9.17, 15) is 34.8 Å². The molecule has 2 atom stereocenters. The molecule has 0 saturated carbocycles. The smallest absolute Gasteiger partial charge is 0.372 e. The van der Waals surface area contributed by atoms with Crippen LogP contribution in [-0.2, 0) is 38.4 Å². The molecule has 13 heteroatoms. The maximum absolute atomic E-state index is 13.1. The molecule has 2 aromatic rings. The van der Waals surface area contributed by atoms with E-state index in [0.29, 0.717) is 6.07 Å². The average Bonchev–Trinajstić information content (AvgIpc) is 3.12. The number of nitrogens with zero attached hydrogens (tertiary/aromatic N) is 2. The standard InChI is InChI=1S/C18H18F6N2O4S/c1-29-10-26-14(9-16(25-26)18(22,23)24)15-8-13(5-6-30-15)31(27,28)12-4-2-3-11(7-12)17(19,20)21/h2-4,7,9,13,15H,5-6,8,10H2,1H3. The summed E-state index contributed by atoms with van der Waals surface area (Å²) in [6, 6.07) is 4.12. The van der Waals surface area contributed by atoms with Gasteiger partial charge in [-0.05, 0) is 37.1 Å². The Balaban J connectivity index is 1.91. The molecule has 0 bridgehead atoms. The van der Waals surface area contributed by atoms with Crippen molar-refractivity contribution in [2.24, 2.45) is 0 Å². The van der Waals surface area contributed by atoms with Gasteiger partial charge in [-0.15, -0.1) is 0 Å². The van der Waals surface area contributed by atoms with Crippen LogP contribution in [0.25, 0.3) is 0 Å². The average molecular weight is 472 g/mol. The van der Waals surface area contributed by atoms with Crippen molar-refractivity contribution < 1.29 is 44.2 Å². The molecule has 0 N–H and O–H groups in total. The first-order valence-electron chi connectivity index (χ1n) is 9.00. The van der Waals surface area contributed by atoms with Crippen molar-refractivity contribution in [2.75, 3.05) is 13.7 Å². The van der Waals surface area contributed by atoms with Gasteiger partial charge in [0.2, 0.25) is 0 Å². The first-order chi connectivity index (χ1) is 14.3. The van der Waals surface area contributed by atoms with Gasteiger partial charge in [-0.3, -0.25) is 0 Å². The van der Waals surface area contributed by atoms with E-state index in [1.165, 1.54) is 7.11 Å². The summed E-state index contributed by atoms with van der Waals surface area (Å²) >= 11 is 0. The Morgan fingerprint density at radius 2 is 1.87 bits per heavy atom. The van der Waals surface area contributed by atoms with E-state index < -0.39 is 49.7 Å². The Hall–Kier alpha value is -2.12. The minimum atomic E-state index is -4.73. The number of benzene rings is 1. The number of rotatable bonds is 5. The molecule has 31 heavy (non-hydrogen) atoms. The van der Waals surface area contributed by atoms with Crippen molar-refractivity contribution in [1.29, 1.82) is 0 Å². The van der Waals surface area contributed by atoms with Crippen molar-refractivity contribution in [2.45, 2.75) is 48.2 Å². The summed E-state index contributed by atoms with van der Waals surface area (Å²) in [5, 5.41) is 2.30. The second-order valence-corrected chi connectivity index (χ2v) is 9.17. The lowest BCUT2D eigenvalue weighted by molar-refractivity contribution is -0.141. The van der Waals surface area contributed by atoms with Gasteiger partial charge < -0.3 is 9.47 Å². The van der Waals surface area contributed by atoms with Gasteiger partial charge in [0.1, 0.15) is 12.8 Å². The molecule has 1 aromatic heterocycles. The third kappa shape index (κ3) is 5.04. The lowest BCUT2D eigenvalue weighted by Crippen LogP contribution is -2.32. The number of hydrogen-bond acceptors (Lipinski definition) is 5. The normalized spacial score (nSPS) is 20.7. The van der Waals surface area contributed by atoms with Crippen LogP contribution in [0.5, 0.6) is 0 Å². The fourth-order valence-electron chi connectivity index (χ4n) is 3.35. The maximum atomic E-state index is 13.1. The minimum absolute atomic E-state index is 0.0143. The Kier molecular flexibility index (Phi) is 6.40. The third-order valence-electron chi connectivity index (χ3n) is 4.85. The van der Waals surface area contributed by atoms with Crippen LogP contribution in [0, 0.1) is 0 Å². The van der Waals surface area contributed by atoms with E-state index in [4.69, 9.17) is 9.47 Å². The van der Waals surface area contributed by atoms with Crippen molar-refractivity contribution in [3.63, 3.8) is 0 Å². The summed E-state index contributed by atoms with van der Waals surface area (Å²) in [4.78, 5) is -0.505. The molecule has 1 aromatic carbocycles. The molecule has 3 rings (SSSR count). The number of sulfone groups is 1. The summed E-state index contributed by atoms with van der Waals surface area (Å²) in [6.07, 6.45) is -10.8. The van der Waals surface area contributed by atoms with Crippen molar-refractivity contribution in [3.05, 3.63) is 47.3 Å². The van der Waals surface area contributed by atoms with Crippen molar-refractivity contribution in [1.82, 2.24) is 9.78 Å². The predicted molar refractivity (Wildman–Crippen MR) is 94.6 cm³/mol. The topological polar surface area (TPSA) is 70.4 Å². The number of ether oxygens (including phenoxy) is 2. The Morgan fingerprint density at radius 3 is 2.48 bits per heavy atom. The minimum Gasteiger partial charge on any atom is -0.372 e. The highest BCUT2D eigenvalue weighted by atomic mass is 32.2. The van der Waals surface area contributed by atoms with Gasteiger partial charge in [-0.1, -0.05) is 6.07 Å². The van der Waals surface area contributed by atoms with E-state index >= 15 is 0 Å². The molecule has 1 aliphatic heterocycles. The van der Waals surface area contributed by atoms with E-state index in [1.807, 2.05) is 0 Å². The lowest BCUT2D eigenvalue weighted by atomic mass is 10.1. The Labute approximate surface area is 173 Å². The zero-order chi connectivity index (χ0) is 23.0. The Morgan fingerprint density at radius 1 is 1.16 bits per heavy atom. The van der Waals surface area contributed by atoms with Crippen LogP contribution in [0.1, 0.15) is 35.9 Å². The highest BCUT2D eigenvalue weighted by Crippen LogP contribution is 2.38. The fourth-order valence-corrected chi connectivity index (χ4v) is 5.13. The van der Waals surface area contributed by atoms with E-state index in [0.717, 1.165) is 28.9 Å². The van der Waals surface area contributed by atoms with Crippen LogP contribution < -0.4 is 0 Å². The zero-order valence-electron chi connectivity index (χ0n) is 16.1. The van der Waals surface area contributed by atoms with Crippen LogP contribution in [0.4, 0.5) is 26.3 Å². The number of hydrogen-bond donors (Lipinski definition) is 0. The number of methoxy groups -OCH3 is 1. The molecule has 6 nitrogen and oxygen atoms in total. The van der Waals surface area contributed by atoms with E-state index in [2.05, 4.69) is 5.10 Å². The molecule has 0 radical (unpaired) electrons. The van der Waals surface area contributed by atoms with Gasteiger partial charge in [-0.2, -0.15) is 31.4 Å². The number of alkyl halides is 6. The first kappa shape index (κ1) is 23.5. The molecular weight excluding hydrogens is 454 g/mol. The zero-order valence-corrected chi connectivity index (χ0v) is 16.9. The van der Waals surface area contributed by atoms with Crippen LogP contribution in [0.15, 0.2) is 35.2 Å². The van der Waals surface area contributed by atoms with E-state index in [1.54, 1.807) is 0 Å². The lowest BCUT2D eigenvalue weighted by Gasteiger charge is -2.29. The van der Waals surface area contributed by atoms with Gasteiger partial charge in [0.15, 0.2) is 15.5 Å². The summed E-state index contributed by atoms with van der Waals surface area (Å²) in [5.74, 6) is 0. The second-order valence-electron chi connectivity index (χ2n) is 6.95. The van der Waals surface area contributed by atoms with Crippen molar-refractivity contribution in [3.8, 4) is 0 Å². The summed E-state index contributed by atoms with van der Waals surface area (Å²) in [5.41, 5.74) is -2.32. The third-order valence-corrected chi connectivity index (χ3v) is 7.06. The molecule has 1 aliphatic rings. The molecule has 1 saturated heterocycles. The van der Waals surface area contributed by atoms with Crippen LogP contribution in [0.2, 0.25) is 0 Å². The molecule has 2 heterocycles. The van der Waals surface area contributed by atoms with Gasteiger partial charge in [0.05, 0.1) is 21.4 Å². The summed E-state index contributed by atoms with van der Waals surface area (Å²) in [7, 11) is -2.94. The van der Waals surface area contributed by atoms with Gasteiger partial charge in [0.25, 0.3) is 0 Å². The van der Waals surface area contributed by atoms with Gasteiger partial charge in [0, 0.05) is 13.7 Å². The monoisotopic (exact) mass is 472 g/mol. The molecular formula is C18H18F6N2O4S. The van der Waals surface area contributed by atoms with E-state index in [-0.39, 0.29) is 31.9 Å². The summed E-state index contributed by atoms with van der Waals surface area (Å²) < 4.78 is 115. The molecule has 172 valence electrons.